The summed E-state index contributed by atoms with van der Waals surface area (Å²) in [5, 5.41) is 11.1. The zero-order valence-electron chi connectivity index (χ0n) is 12.6. The maximum atomic E-state index is 11.9. The fraction of sp³-hybridized carbons (Fsp3) is 0.538. The average Bonchev–Trinajstić information content (AvgIpc) is 2.73. The first kappa shape index (κ1) is 16.7. The van der Waals surface area contributed by atoms with Gasteiger partial charge in [0.2, 0.25) is 5.91 Å². The molecule has 0 aliphatic rings. The van der Waals surface area contributed by atoms with Crippen molar-refractivity contribution in [3.8, 4) is 0 Å². The number of carboxylic acid groups (broad SMARTS) is 1. The fourth-order valence-electron chi connectivity index (χ4n) is 1.57. The van der Waals surface area contributed by atoms with Crippen LogP contribution in [0.2, 0.25) is 0 Å². The number of carbonyl (C=O) groups is 3. The Morgan fingerprint density at radius 3 is 2.52 bits per heavy atom. The van der Waals surface area contributed by atoms with E-state index in [1.807, 2.05) is 0 Å². The van der Waals surface area contributed by atoms with E-state index in [4.69, 9.17) is 5.11 Å². The molecule has 21 heavy (non-hydrogen) atoms. The summed E-state index contributed by atoms with van der Waals surface area (Å²) in [5.41, 5.74) is -1.22. The molecule has 0 spiro atoms. The maximum Gasteiger partial charge on any atom is 0.324 e. The molecule has 0 fully saturated rings. The molecule has 1 heterocycles. The van der Waals surface area contributed by atoms with E-state index in [-0.39, 0.29) is 13.0 Å². The van der Waals surface area contributed by atoms with Gasteiger partial charge in [0.15, 0.2) is 0 Å². The minimum absolute atomic E-state index is 0.241. The van der Waals surface area contributed by atoms with E-state index in [0.29, 0.717) is 5.82 Å². The van der Waals surface area contributed by atoms with Gasteiger partial charge in [0.25, 0.3) is 0 Å². The number of aromatic nitrogens is 2. The number of imidazole rings is 1. The molecule has 0 saturated heterocycles. The first-order valence-electron chi connectivity index (χ1n) is 6.38. The Kier molecular flexibility index (Phi) is 5.07. The molecule has 1 aromatic heterocycles. The van der Waals surface area contributed by atoms with Crippen molar-refractivity contribution < 1.29 is 19.5 Å². The maximum absolute atomic E-state index is 11.9. The number of rotatable bonds is 5. The van der Waals surface area contributed by atoms with Crippen LogP contribution in [0, 0.1) is 5.41 Å². The summed E-state index contributed by atoms with van der Waals surface area (Å²) in [6.45, 7) is 3.10. The van der Waals surface area contributed by atoms with Gasteiger partial charge in [-0.05, 0) is 13.8 Å². The van der Waals surface area contributed by atoms with Crippen LogP contribution in [0.4, 0.5) is 4.79 Å². The van der Waals surface area contributed by atoms with Crippen LogP contribution in [0.5, 0.6) is 0 Å². The molecule has 0 atom stereocenters. The second-order valence-electron chi connectivity index (χ2n) is 5.53. The second kappa shape index (κ2) is 6.38. The normalized spacial score (nSPS) is 11.0. The van der Waals surface area contributed by atoms with E-state index in [2.05, 4.69) is 10.3 Å². The molecular weight excluding hydrogens is 276 g/mol. The molecule has 0 aliphatic heterocycles. The molecular formula is C13H20N4O4. The van der Waals surface area contributed by atoms with Crippen LogP contribution in [-0.4, -0.2) is 44.5 Å². The predicted molar refractivity (Wildman–Crippen MR) is 74.2 cm³/mol. The van der Waals surface area contributed by atoms with Gasteiger partial charge in [0, 0.05) is 32.9 Å². The minimum atomic E-state index is -1.22. The molecule has 0 unspecified atom stereocenters. The topological polar surface area (TPSA) is 105 Å². The van der Waals surface area contributed by atoms with Gasteiger partial charge in [-0.15, -0.1) is 0 Å². The largest absolute Gasteiger partial charge is 0.481 e. The van der Waals surface area contributed by atoms with Gasteiger partial charge in [-0.3, -0.25) is 14.9 Å². The summed E-state index contributed by atoms with van der Waals surface area (Å²) in [6, 6.07) is -0.593. The van der Waals surface area contributed by atoms with Crippen LogP contribution in [0.3, 0.4) is 0 Å². The smallest absolute Gasteiger partial charge is 0.324 e. The van der Waals surface area contributed by atoms with E-state index in [1.165, 1.54) is 25.8 Å². The molecule has 0 radical (unpaired) electrons. The number of hydrogen-bond acceptors (Lipinski definition) is 4. The molecule has 8 heteroatoms. The van der Waals surface area contributed by atoms with Gasteiger partial charge in [-0.1, -0.05) is 0 Å². The number of carbonyl (C=O) groups excluding carboxylic acids is 2. The highest BCUT2D eigenvalue weighted by atomic mass is 16.4. The van der Waals surface area contributed by atoms with Crippen LogP contribution in [0.25, 0.3) is 0 Å². The van der Waals surface area contributed by atoms with Crippen molar-refractivity contribution in [2.24, 2.45) is 12.5 Å². The second-order valence-corrected chi connectivity index (χ2v) is 5.53. The summed E-state index contributed by atoms with van der Waals surface area (Å²) < 4.78 is 1.76. The van der Waals surface area contributed by atoms with Crippen molar-refractivity contribution in [1.82, 2.24) is 19.8 Å². The molecule has 0 saturated carbocycles. The van der Waals surface area contributed by atoms with Crippen LogP contribution in [0.15, 0.2) is 12.4 Å². The minimum Gasteiger partial charge on any atom is -0.481 e. The number of nitrogens with one attached hydrogen (secondary N) is 1. The highest BCUT2D eigenvalue weighted by molar-refractivity contribution is 5.96. The Morgan fingerprint density at radius 1 is 1.43 bits per heavy atom. The number of nitrogens with zero attached hydrogens (tertiary/aromatic N) is 3. The number of imide groups is 1. The fourth-order valence-corrected chi connectivity index (χ4v) is 1.57. The Morgan fingerprint density at radius 2 is 2.05 bits per heavy atom. The first-order chi connectivity index (χ1) is 9.63. The van der Waals surface area contributed by atoms with Crippen molar-refractivity contribution in [2.75, 3.05) is 7.05 Å². The van der Waals surface area contributed by atoms with Crippen molar-refractivity contribution in [3.05, 3.63) is 18.2 Å². The Balaban J connectivity index is 2.54. The SMILES string of the molecule is CN(Cc1nccn1C)C(=O)NC(=O)CC(C)(C)C(=O)O. The first-order valence-corrected chi connectivity index (χ1v) is 6.38. The highest BCUT2D eigenvalue weighted by Crippen LogP contribution is 2.20. The lowest BCUT2D eigenvalue weighted by molar-refractivity contribution is -0.149. The molecule has 1 rings (SSSR count). The summed E-state index contributed by atoms with van der Waals surface area (Å²) in [5.74, 6) is -1.04. The number of amides is 3. The van der Waals surface area contributed by atoms with Gasteiger partial charge >= 0.3 is 12.0 Å². The summed E-state index contributed by atoms with van der Waals surface area (Å²) in [7, 11) is 3.33. The number of aliphatic carboxylic acids is 1. The Bertz CT molecular complexity index is 550. The van der Waals surface area contributed by atoms with E-state index >= 15 is 0 Å². The predicted octanol–water partition coefficient (Wildman–Crippen LogP) is 0.589. The van der Waals surface area contributed by atoms with E-state index in [9.17, 15) is 14.4 Å². The molecule has 0 aliphatic carbocycles. The van der Waals surface area contributed by atoms with Gasteiger partial charge < -0.3 is 14.6 Å². The summed E-state index contributed by atoms with van der Waals surface area (Å²) >= 11 is 0. The van der Waals surface area contributed by atoms with Crippen LogP contribution in [-0.2, 0) is 23.2 Å². The molecule has 2 N–H and O–H groups in total. The van der Waals surface area contributed by atoms with Gasteiger partial charge in [-0.25, -0.2) is 9.78 Å². The quantitative estimate of drug-likeness (QED) is 0.827. The number of hydrogen-bond donors (Lipinski definition) is 2. The standard InChI is InChI=1S/C13H20N4O4/c1-13(2,11(19)20)7-10(18)15-12(21)17(4)8-9-14-5-6-16(9)3/h5-6H,7-8H2,1-4H3,(H,19,20)(H,15,18,21). The molecule has 8 nitrogen and oxygen atoms in total. The van der Waals surface area contributed by atoms with Crippen molar-refractivity contribution in [1.29, 1.82) is 0 Å². The van der Waals surface area contributed by atoms with Gasteiger partial charge in [0.05, 0.1) is 12.0 Å². The molecule has 116 valence electrons. The Hall–Kier alpha value is -2.38. The number of carboxylic acids is 1. The number of aryl methyl sites for hydroxylation is 1. The van der Waals surface area contributed by atoms with Crippen LogP contribution >= 0.6 is 0 Å². The molecule has 0 bridgehead atoms. The van der Waals surface area contributed by atoms with Crippen molar-refractivity contribution in [2.45, 2.75) is 26.8 Å². The van der Waals surface area contributed by atoms with Crippen LogP contribution < -0.4 is 5.32 Å². The Labute approximate surface area is 122 Å². The molecule has 0 aromatic carbocycles. The third-order valence-corrected chi connectivity index (χ3v) is 3.07. The van der Waals surface area contributed by atoms with Crippen molar-refractivity contribution >= 4 is 17.9 Å². The third-order valence-electron chi connectivity index (χ3n) is 3.07. The lowest BCUT2D eigenvalue weighted by Gasteiger charge is -2.20. The number of urea groups is 1. The lowest BCUT2D eigenvalue weighted by atomic mass is 9.89. The van der Waals surface area contributed by atoms with E-state index in [1.54, 1.807) is 24.0 Å². The third kappa shape index (κ3) is 4.59. The zero-order chi connectivity index (χ0) is 16.2. The van der Waals surface area contributed by atoms with E-state index in [0.717, 1.165) is 0 Å². The monoisotopic (exact) mass is 296 g/mol. The van der Waals surface area contributed by atoms with E-state index < -0.39 is 23.3 Å². The van der Waals surface area contributed by atoms with Gasteiger partial charge in [0.1, 0.15) is 5.82 Å². The molecule has 1 aromatic rings. The zero-order valence-corrected chi connectivity index (χ0v) is 12.6. The van der Waals surface area contributed by atoms with Crippen LogP contribution in [0.1, 0.15) is 26.1 Å². The summed E-state index contributed by atoms with van der Waals surface area (Å²) in [6.07, 6.45) is 3.09. The lowest BCUT2D eigenvalue weighted by Crippen LogP contribution is -2.43. The highest BCUT2D eigenvalue weighted by Gasteiger charge is 2.31. The van der Waals surface area contributed by atoms with Crippen molar-refractivity contribution in [3.63, 3.8) is 0 Å². The average molecular weight is 296 g/mol. The summed E-state index contributed by atoms with van der Waals surface area (Å²) in [4.78, 5) is 39.9. The molecule has 3 amide bonds. The van der Waals surface area contributed by atoms with Gasteiger partial charge in [-0.2, -0.15) is 0 Å².